The molecule has 17 heavy (non-hydrogen) atoms. The average Bonchev–Trinajstić information content (AvgIpc) is 3.13. The van der Waals surface area contributed by atoms with Crippen molar-refractivity contribution in [2.45, 2.75) is 63.8 Å². The molecule has 1 heterocycles. The lowest BCUT2D eigenvalue weighted by atomic mass is 9.87. The molecule has 0 atom stereocenters. The van der Waals surface area contributed by atoms with Crippen molar-refractivity contribution < 1.29 is 0 Å². The molecule has 2 aliphatic rings. The Labute approximate surface area is 103 Å². The number of aromatic nitrogens is 2. The second-order valence-electron chi connectivity index (χ2n) is 5.51. The largest absolute Gasteiger partial charge is 0.351 e. The molecule has 0 amide bonds. The van der Waals surface area contributed by atoms with Crippen LogP contribution in [0.5, 0.6) is 0 Å². The lowest BCUT2D eigenvalue weighted by Gasteiger charge is -2.21. The molecule has 0 aromatic carbocycles. The van der Waals surface area contributed by atoms with Gasteiger partial charge in [0, 0.05) is 23.3 Å². The van der Waals surface area contributed by atoms with Crippen LogP contribution in [0.1, 0.15) is 62.3 Å². The van der Waals surface area contributed by atoms with Crippen LogP contribution in [0.4, 0.5) is 5.95 Å². The predicted molar refractivity (Wildman–Crippen MR) is 69.2 cm³/mol. The molecule has 92 valence electrons. The fourth-order valence-electron chi connectivity index (χ4n) is 2.68. The molecule has 0 bridgehead atoms. The number of anilines is 1. The first kappa shape index (κ1) is 11.0. The molecular weight excluding hydrogens is 210 g/mol. The van der Waals surface area contributed by atoms with Crippen LogP contribution >= 0.6 is 0 Å². The number of rotatable bonds is 3. The van der Waals surface area contributed by atoms with E-state index in [1.807, 2.05) is 0 Å². The summed E-state index contributed by atoms with van der Waals surface area (Å²) >= 11 is 0. The maximum Gasteiger partial charge on any atom is 0.223 e. The van der Waals surface area contributed by atoms with Gasteiger partial charge in [-0.15, -0.1) is 0 Å². The van der Waals surface area contributed by atoms with Gasteiger partial charge in [-0.1, -0.05) is 19.3 Å². The zero-order valence-corrected chi connectivity index (χ0v) is 10.6. The summed E-state index contributed by atoms with van der Waals surface area (Å²) in [6.07, 6.45) is 9.27. The number of hydrogen-bond acceptors (Lipinski definition) is 3. The van der Waals surface area contributed by atoms with E-state index >= 15 is 0 Å². The number of hydrogen-bond donors (Lipinski definition) is 1. The molecule has 1 aromatic rings. The fourth-order valence-corrected chi connectivity index (χ4v) is 2.68. The van der Waals surface area contributed by atoms with Crippen molar-refractivity contribution in [2.75, 3.05) is 5.32 Å². The Balaban J connectivity index is 1.79. The zero-order valence-electron chi connectivity index (χ0n) is 10.6. The van der Waals surface area contributed by atoms with Gasteiger partial charge in [0.2, 0.25) is 5.95 Å². The minimum atomic E-state index is 0.635. The Kier molecular flexibility index (Phi) is 3.00. The van der Waals surface area contributed by atoms with Gasteiger partial charge in [-0.25, -0.2) is 9.97 Å². The number of aryl methyl sites for hydroxylation is 1. The molecule has 1 N–H and O–H groups in total. The van der Waals surface area contributed by atoms with E-state index in [0.29, 0.717) is 12.0 Å². The van der Waals surface area contributed by atoms with E-state index in [4.69, 9.17) is 4.98 Å². The van der Waals surface area contributed by atoms with Gasteiger partial charge in [-0.05, 0) is 38.7 Å². The number of nitrogens with zero attached hydrogens (tertiary/aromatic N) is 2. The van der Waals surface area contributed by atoms with Gasteiger partial charge in [0.1, 0.15) is 0 Å². The van der Waals surface area contributed by atoms with E-state index in [0.717, 1.165) is 11.6 Å². The van der Waals surface area contributed by atoms with Gasteiger partial charge in [-0.3, -0.25) is 0 Å². The van der Waals surface area contributed by atoms with Crippen LogP contribution in [0, 0.1) is 6.92 Å². The first-order valence-electron chi connectivity index (χ1n) is 6.93. The molecule has 0 radical (unpaired) electrons. The smallest absolute Gasteiger partial charge is 0.223 e. The first-order valence-corrected chi connectivity index (χ1v) is 6.93. The van der Waals surface area contributed by atoms with Gasteiger partial charge in [-0.2, -0.15) is 0 Å². The van der Waals surface area contributed by atoms with Gasteiger partial charge in [0.05, 0.1) is 0 Å². The van der Waals surface area contributed by atoms with E-state index in [2.05, 4.69) is 23.3 Å². The van der Waals surface area contributed by atoms with Crippen LogP contribution < -0.4 is 5.32 Å². The van der Waals surface area contributed by atoms with Crippen LogP contribution in [-0.4, -0.2) is 16.0 Å². The summed E-state index contributed by atoms with van der Waals surface area (Å²) in [5.41, 5.74) is 2.36. The van der Waals surface area contributed by atoms with E-state index in [-0.39, 0.29) is 0 Å². The Bertz CT molecular complexity index is 392. The minimum Gasteiger partial charge on any atom is -0.351 e. The van der Waals surface area contributed by atoms with Crippen LogP contribution in [0.15, 0.2) is 6.07 Å². The van der Waals surface area contributed by atoms with Gasteiger partial charge in [0.25, 0.3) is 0 Å². The standard InChI is InChI=1S/C14H21N3/c1-10-9-13(11-5-3-2-4-6-11)17-14(15-10)16-12-7-8-12/h9,11-12H,2-8H2,1H3,(H,15,16,17). The topological polar surface area (TPSA) is 37.8 Å². The van der Waals surface area contributed by atoms with Crippen LogP contribution in [-0.2, 0) is 0 Å². The van der Waals surface area contributed by atoms with Crippen molar-refractivity contribution in [2.24, 2.45) is 0 Å². The van der Waals surface area contributed by atoms with E-state index in [9.17, 15) is 0 Å². The highest BCUT2D eigenvalue weighted by molar-refractivity contribution is 5.32. The van der Waals surface area contributed by atoms with Crippen LogP contribution in [0.25, 0.3) is 0 Å². The van der Waals surface area contributed by atoms with Crippen LogP contribution in [0.2, 0.25) is 0 Å². The Morgan fingerprint density at radius 3 is 2.53 bits per heavy atom. The molecule has 0 saturated heterocycles. The first-order chi connectivity index (χ1) is 8.31. The highest BCUT2D eigenvalue weighted by Crippen LogP contribution is 2.32. The summed E-state index contributed by atoms with van der Waals surface area (Å²) in [5, 5.41) is 3.41. The third-order valence-corrected chi connectivity index (χ3v) is 3.81. The van der Waals surface area contributed by atoms with Crippen molar-refractivity contribution in [3.05, 3.63) is 17.5 Å². The van der Waals surface area contributed by atoms with E-state index in [1.165, 1.54) is 50.6 Å². The second-order valence-corrected chi connectivity index (χ2v) is 5.51. The lowest BCUT2D eigenvalue weighted by molar-refractivity contribution is 0.436. The normalized spacial score (nSPS) is 21.5. The highest BCUT2D eigenvalue weighted by Gasteiger charge is 2.23. The average molecular weight is 231 g/mol. The van der Waals surface area contributed by atoms with E-state index < -0.39 is 0 Å². The van der Waals surface area contributed by atoms with Crippen molar-refractivity contribution in [3.63, 3.8) is 0 Å². The minimum absolute atomic E-state index is 0.635. The van der Waals surface area contributed by atoms with Gasteiger partial charge >= 0.3 is 0 Å². The van der Waals surface area contributed by atoms with Gasteiger partial charge in [0.15, 0.2) is 0 Å². The van der Waals surface area contributed by atoms with E-state index in [1.54, 1.807) is 0 Å². The molecule has 2 aliphatic carbocycles. The fraction of sp³-hybridized carbons (Fsp3) is 0.714. The highest BCUT2D eigenvalue weighted by atomic mass is 15.1. The molecule has 2 saturated carbocycles. The third-order valence-electron chi connectivity index (χ3n) is 3.81. The van der Waals surface area contributed by atoms with Gasteiger partial charge < -0.3 is 5.32 Å². The maximum atomic E-state index is 4.72. The third kappa shape index (κ3) is 2.76. The zero-order chi connectivity index (χ0) is 11.7. The summed E-state index contributed by atoms with van der Waals surface area (Å²) in [4.78, 5) is 9.20. The summed E-state index contributed by atoms with van der Waals surface area (Å²) < 4.78 is 0. The van der Waals surface area contributed by atoms with Crippen molar-refractivity contribution in [1.29, 1.82) is 0 Å². The summed E-state index contributed by atoms with van der Waals surface area (Å²) in [6.45, 7) is 2.08. The monoisotopic (exact) mass is 231 g/mol. The molecule has 0 spiro atoms. The maximum absolute atomic E-state index is 4.72. The van der Waals surface area contributed by atoms with Crippen molar-refractivity contribution >= 4 is 5.95 Å². The molecular formula is C14H21N3. The molecule has 3 nitrogen and oxygen atoms in total. The SMILES string of the molecule is Cc1cc(C2CCCCC2)nc(NC2CC2)n1. The Morgan fingerprint density at radius 1 is 1.06 bits per heavy atom. The predicted octanol–water partition coefficient (Wildman–Crippen LogP) is 3.41. The van der Waals surface area contributed by atoms with Crippen molar-refractivity contribution in [3.8, 4) is 0 Å². The second kappa shape index (κ2) is 4.63. The number of nitrogens with one attached hydrogen (secondary N) is 1. The quantitative estimate of drug-likeness (QED) is 0.866. The molecule has 2 fully saturated rings. The Hall–Kier alpha value is -1.12. The summed E-state index contributed by atoms with van der Waals surface area (Å²) in [5.74, 6) is 1.53. The van der Waals surface area contributed by atoms with Crippen molar-refractivity contribution in [1.82, 2.24) is 9.97 Å². The summed E-state index contributed by atoms with van der Waals surface area (Å²) in [6, 6.07) is 2.81. The molecule has 0 aliphatic heterocycles. The Morgan fingerprint density at radius 2 is 1.82 bits per heavy atom. The molecule has 3 heteroatoms. The molecule has 3 rings (SSSR count). The lowest BCUT2D eigenvalue weighted by Crippen LogP contribution is -2.11. The molecule has 0 unspecified atom stereocenters. The summed E-state index contributed by atoms with van der Waals surface area (Å²) in [7, 11) is 0. The molecule has 1 aromatic heterocycles. The van der Waals surface area contributed by atoms with Crippen LogP contribution in [0.3, 0.4) is 0 Å².